The van der Waals surface area contributed by atoms with E-state index in [2.05, 4.69) is 58.2 Å². The molecule has 0 aliphatic carbocycles. The molecule has 12 amide bonds. The van der Waals surface area contributed by atoms with Gasteiger partial charge in [0.15, 0.2) is 12.1 Å². The van der Waals surface area contributed by atoms with E-state index >= 15 is 9.59 Å². The quantitative estimate of drug-likeness (QED) is 0.0243. The molecule has 106 heavy (non-hydrogen) atoms. The monoisotopic (exact) mass is 1530 g/mol. The van der Waals surface area contributed by atoms with Gasteiger partial charge in [0.05, 0.1) is 37.4 Å². The number of alkyl halides is 6. The van der Waals surface area contributed by atoms with Crippen molar-refractivity contribution in [1.29, 1.82) is 0 Å². The largest absolute Gasteiger partial charge is 0.490 e. The number of rotatable bonds is 21. The van der Waals surface area contributed by atoms with Crippen molar-refractivity contribution in [3.8, 4) is 0 Å². The number of carboxylic acid groups (broad SMARTS) is 2. The summed E-state index contributed by atoms with van der Waals surface area (Å²) in [5.74, 6) is -21.9. The van der Waals surface area contributed by atoms with Crippen LogP contribution < -0.4 is 81.4 Å². The number of benzene rings is 1. The molecule has 1 saturated heterocycles. The van der Waals surface area contributed by atoms with Crippen LogP contribution in [0.3, 0.4) is 0 Å². The van der Waals surface area contributed by atoms with Crippen molar-refractivity contribution in [3.05, 3.63) is 35.9 Å². The van der Waals surface area contributed by atoms with E-state index in [1.807, 2.05) is 26.1 Å². The third kappa shape index (κ3) is 35.5. The number of aliphatic imine (C=N–C) groups is 1. The Hall–Kier alpha value is -9.55. The predicted molar refractivity (Wildman–Crippen MR) is 365 cm³/mol. The number of carbonyl (C=O) groups is 14. The van der Waals surface area contributed by atoms with Gasteiger partial charge >= 0.3 is 24.3 Å². The van der Waals surface area contributed by atoms with Crippen LogP contribution in [-0.2, 0) is 67.1 Å². The van der Waals surface area contributed by atoms with E-state index in [1.54, 1.807) is 54.5 Å². The minimum atomic E-state index is -5.08. The summed E-state index contributed by atoms with van der Waals surface area (Å²) in [5, 5.41) is 85.4. The molecular formula is C64H104F6N16O20. The van der Waals surface area contributed by atoms with Gasteiger partial charge in [-0.25, -0.2) is 9.59 Å². The topological polar surface area (TPSA) is 609 Å². The average molecular weight is 1530 g/mol. The molecule has 2 rings (SSSR count). The lowest BCUT2D eigenvalue weighted by molar-refractivity contribution is -0.193. The van der Waals surface area contributed by atoms with Crippen LogP contribution in [0.25, 0.3) is 0 Å². The second kappa shape index (κ2) is 43.8. The summed E-state index contributed by atoms with van der Waals surface area (Å²) >= 11 is 0. The predicted octanol–water partition coefficient (Wildman–Crippen LogP) is -3.81. The van der Waals surface area contributed by atoms with Gasteiger partial charge in [-0.3, -0.25) is 62.5 Å². The lowest BCUT2D eigenvalue weighted by Crippen LogP contribution is -2.65. The molecule has 602 valence electrons. The zero-order valence-corrected chi connectivity index (χ0v) is 61.0. The van der Waals surface area contributed by atoms with Gasteiger partial charge in [0.25, 0.3) is 0 Å². The molecule has 1 aromatic carbocycles. The molecule has 36 nitrogen and oxygen atoms in total. The number of amides is 12. The highest BCUT2D eigenvalue weighted by molar-refractivity contribution is 6.01. The Morgan fingerprint density at radius 1 is 0.594 bits per heavy atom. The number of aliphatic hydroxyl groups is 4. The molecular weight excluding hydrogens is 1430 g/mol. The van der Waals surface area contributed by atoms with Crippen molar-refractivity contribution >= 4 is 88.8 Å². The lowest BCUT2D eigenvalue weighted by Gasteiger charge is -2.35. The number of hydrogen-bond donors (Lipinski definition) is 21. The van der Waals surface area contributed by atoms with Crippen molar-refractivity contribution in [2.45, 2.75) is 226 Å². The second-order valence-corrected chi connectivity index (χ2v) is 28.1. The number of guanidine groups is 1. The summed E-state index contributed by atoms with van der Waals surface area (Å²) in [7, 11) is 0. The van der Waals surface area contributed by atoms with Crippen molar-refractivity contribution in [1.82, 2.24) is 58.5 Å². The number of aliphatic hydroxyl groups excluding tert-OH is 4. The van der Waals surface area contributed by atoms with Crippen LogP contribution in [0.5, 0.6) is 0 Å². The summed E-state index contributed by atoms with van der Waals surface area (Å²) in [6, 6.07) is -12.1. The number of primary amides is 1. The Labute approximate surface area is 607 Å². The fraction of sp³-hybridized carbons (Fsp3) is 0.672. The van der Waals surface area contributed by atoms with Crippen molar-refractivity contribution in [2.24, 2.45) is 56.5 Å². The zero-order chi connectivity index (χ0) is 82.4. The SMILES string of the molecule is CC[C@H](C)[C@@H]1NC(=O)[C@@H](CCCN=C(N)N)NC(=O)[C@H](CC(C)C)NC(=O)[C@@H]([C@H](O)C(C)C)NC(=O)[C@@H](NC(=O)[C@H](CC(C)(C)C)NC(=O)[C@H](N)CC(C)(C)C)[C@@H](c2ccccc2)NC(=O)[C@H](CO)NC(=O)[C@@H]([C@H](O)C(N)=O)NC(=O)CNC(=O)[C@@H]([C@H](C)O)NC1=O.O=C(O)C(F)(F)F.O=C(O)C(F)(F)F. The minimum Gasteiger partial charge on any atom is -0.475 e. The van der Waals surface area contributed by atoms with E-state index in [0.29, 0.717) is 0 Å². The normalized spacial score (nSPS) is 22.9. The van der Waals surface area contributed by atoms with Crippen LogP contribution in [0.4, 0.5) is 26.3 Å². The zero-order valence-electron chi connectivity index (χ0n) is 61.0. The van der Waals surface area contributed by atoms with Gasteiger partial charge in [-0.05, 0) is 73.2 Å². The third-order valence-corrected chi connectivity index (χ3v) is 15.3. The summed E-state index contributed by atoms with van der Waals surface area (Å²) < 4.78 is 63.5. The van der Waals surface area contributed by atoms with Gasteiger partial charge in [0, 0.05) is 6.54 Å². The molecule has 42 heteroatoms. The van der Waals surface area contributed by atoms with Crippen LogP contribution in [0.1, 0.15) is 140 Å². The van der Waals surface area contributed by atoms with Gasteiger partial charge in [0.2, 0.25) is 70.9 Å². The summed E-state index contributed by atoms with van der Waals surface area (Å²) in [6.07, 6.45) is -16.2. The highest BCUT2D eigenvalue weighted by Gasteiger charge is 2.44. The molecule has 1 aromatic rings. The van der Waals surface area contributed by atoms with Crippen LogP contribution in [0, 0.1) is 28.6 Å². The van der Waals surface area contributed by atoms with E-state index in [1.165, 1.54) is 38.1 Å². The van der Waals surface area contributed by atoms with Gasteiger partial charge in [-0.2, -0.15) is 26.3 Å². The highest BCUT2D eigenvalue weighted by Crippen LogP contribution is 2.25. The first-order valence-corrected chi connectivity index (χ1v) is 33.2. The lowest BCUT2D eigenvalue weighted by atomic mass is 9.86. The molecule has 1 aliphatic rings. The molecule has 0 unspecified atom stereocenters. The van der Waals surface area contributed by atoms with Gasteiger partial charge in [0.1, 0.15) is 54.4 Å². The Bertz CT molecular complexity index is 3160. The second-order valence-electron chi connectivity index (χ2n) is 28.1. The highest BCUT2D eigenvalue weighted by atomic mass is 19.4. The third-order valence-electron chi connectivity index (χ3n) is 15.3. The fourth-order valence-electron chi connectivity index (χ4n) is 9.64. The van der Waals surface area contributed by atoms with Gasteiger partial charge < -0.3 is 112 Å². The van der Waals surface area contributed by atoms with E-state index in [0.717, 1.165) is 6.92 Å². The van der Waals surface area contributed by atoms with E-state index in [4.69, 9.17) is 42.7 Å². The molecule has 0 aromatic heterocycles. The number of nitrogens with zero attached hydrogens (tertiary/aromatic N) is 1. The first kappa shape index (κ1) is 96.4. The fourth-order valence-corrected chi connectivity index (χ4v) is 9.64. The molecule has 0 saturated carbocycles. The molecule has 25 N–H and O–H groups in total. The Balaban J connectivity index is 0.00000710. The number of halogens is 6. The van der Waals surface area contributed by atoms with E-state index in [9.17, 15) is 94.7 Å². The number of hydrogen-bond acceptors (Lipinski definition) is 20. The van der Waals surface area contributed by atoms with Crippen molar-refractivity contribution < 1.29 is 124 Å². The standard InChI is InChI=1S/C60H102N16O16.2C2HF3O2/c1-14-30(6)39-54(89)73-40(31(7)78)53(88)66-26-38(79)71-44(46(81)47(62)82)57(92)70-37(27-77)52(87)74-41(32-19-16-15-17-20-32)42(75-51(86)36(25-60(11,12)13)69-48(83)33(61)24-59(8,9)10)55(90)76-43(45(80)29(4)5)56(91)68-35(23-28(2)3)50(85)67-34(49(84)72-39)21-18-22-65-58(63)64;2*3-2(4,5)1(6)7/h15-17,19-20,28-31,33-37,39-46,77-78,80-81H,14,18,21-27,61H2,1-13H3,(H2,62,82)(H,66,88)(H,67,85)(H,68,91)(H,69,83)(H,70,92)(H,71,79)(H,72,84)(H,73,89)(H,74,87)(H,75,86)(H,76,90)(H4,63,64,65);2*(H,6,7)/t30-,31-,33+,34+,35-,36-,37-,39-,40+,41+,42-,43+,44+,45+,46-;;/m0../s1. The van der Waals surface area contributed by atoms with Crippen molar-refractivity contribution in [3.63, 3.8) is 0 Å². The maximum atomic E-state index is 15.5. The average Bonchev–Trinajstić information content (AvgIpc) is 0.810. The van der Waals surface area contributed by atoms with Gasteiger partial charge in [-0.1, -0.05) is 120 Å². The van der Waals surface area contributed by atoms with Crippen LogP contribution in [0.15, 0.2) is 35.3 Å². The maximum absolute atomic E-state index is 15.5. The smallest absolute Gasteiger partial charge is 0.475 e. The summed E-state index contributed by atoms with van der Waals surface area (Å²) in [5.41, 5.74) is 21.7. The number of nitrogens with one attached hydrogen (secondary N) is 11. The molecule has 0 radical (unpaired) electrons. The van der Waals surface area contributed by atoms with Crippen LogP contribution in [-0.4, -0.2) is 230 Å². The minimum absolute atomic E-state index is 0.0350. The summed E-state index contributed by atoms with van der Waals surface area (Å²) in [4.78, 5) is 193. The molecule has 1 fully saturated rings. The molecule has 0 spiro atoms. The first-order valence-electron chi connectivity index (χ1n) is 33.2. The van der Waals surface area contributed by atoms with Gasteiger partial charge in [-0.15, -0.1) is 0 Å². The Morgan fingerprint density at radius 3 is 1.51 bits per heavy atom. The maximum Gasteiger partial charge on any atom is 0.490 e. The summed E-state index contributed by atoms with van der Waals surface area (Å²) in [6.45, 7) is 19.2. The first-order chi connectivity index (χ1) is 48.5. The van der Waals surface area contributed by atoms with Crippen LogP contribution in [0.2, 0.25) is 0 Å². The molecule has 0 bridgehead atoms. The number of nitrogens with two attached hydrogens (primary N) is 4. The van der Waals surface area contributed by atoms with Crippen LogP contribution >= 0.6 is 0 Å². The van der Waals surface area contributed by atoms with Crippen molar-refractivity contribution in [2.75, 3.05) is 19.7 Å². The molecule has 1 aliphatic heterocycles. The van der Waals surface area contributed by atoms with E-state index < -0.39 is 216 Å². The molecule has 1 heterocycles. The van der Waals surface area contributed by atoms with E-state index in [-0.39, 0.29) is 62.5 Å². The number of carbonyl (C=O) groups excluding carboxylic acids is 12. The molecule has 15 atom stereocenters. The Morgan fingerprint density at radius 2 is 1.06 bits per heavy atom. The number of carboxylic acids is 2. The number of aliphatic carboxylic acids is 2. The Kier molecular flexibility index (Phi) is 39.8.